The van der Waals surface area contributed by atoms with Crippen LogP contribution in [0.1, 0.15) is 31.6 Å². The number of thiophene rings is 1. The molecule has 2 heterocycles. The summed E-state index contributed by atoms with van der Waals surface area (Å²) in [7, 11) is -3.26. The minimum atomic E-state index is -3.26. The van der Waals surface area contributed by atoms with E-state index in [1.165, 1.54) is 11.3 Å². The van der Waals surface area contributed by atoms with Gasteiger partial charge in [-0.1, -0.05) is 13.8 Å². The molecule has 96 valence electrons. The molecule has 0 aromatic carbocycles. The maximum atomic E-state index is 12.5. The standard InChI is InChI=1S/C12H19NO2S2/c1-9(2)11-5-4-8-13(11)17(14,15)12-7-6-10(3)16-12/h6-7,9,11H,4-5,8H2,1-3H3. The van der Waals surface area contributed by atoms with Crippen LogP contribution in [0.4, 0.5) is 0 Å². The topological polar surface area (TPSA) is 37.4 Å². The highest BCUT2D eigenvalue weighted by Gasteiger charge is 2.37. The minimum Gasteiger partial charge on any atom is -0.206 e. The lowest BCUT2D eigenvalue weighted by Crippen LogP contribution is -2.38. The summed E-state index contributed by atoms with van der Waals surface area (Å²) in [4.78, 5) is 1.05. The second-order valence-electron chi connectivity index (χ2n) is 4.93. The quantitative estimate of drug-likeness (QED) is 0.849. The Morgan fingerprint density at radius 3 is 2.65 bits per heavy atom. The molecule has 0 bridgehead atoms. The van der Waals surface area contributed by atoms with Crippen LogP contribution in [-0.4, -0.2) is 25.3 Å². The SMILES string of the molecule is Cc1ccc(S(=O)(=O)N2CCCC2C(C)C)s1. The van der Waals surface area contributed by atoms with E-state index in [2.05, 4.69) is 13.8 Å². The van der Waals surface area contributed by atoms with Crippen molar-refractivity contribution in [2.24, 2.45) is 5.92 Å². The van der Waals surface area contributed by atoms with Crippen molar-refractivity contribution < 1.29 is 8.42 Å². The molecule has 0 spiro atoms. The summed E-state index contributed by atoms with van der Waals surface area (Å²) in [5.74, 6) is 0.383. The maximum Gasteiger partial charge on any atom is 0.252 e. The molecule has 1 aromatic rings. The van der Waals surface area contributed by atoms with Crippen LogP contribution in [0, 0.1) is 12.8 Å². The number of rotatable bonds is 3. The monoisotopic (exact) mass is 273 g/mol. The third-order valence-electron chi connectivity index (χ3n) is 3.30. The lowest BCUT2D eigenvalue weighted by Gasteiger charge is -2.26. The summed E-state index contributed by atoms with van der Waals surface area (Å²) in [6.07, 6.45) is 1.97. The molecule has 0 amide bonds. The molecule has 17 heavy (non-hydrogen) atoms. The van der Waals surface area contributed by atoms with Crippen molar-refractivity contribution in [3.05, 3.63) is 17.0 Å². The largest absolute Gasteiger partial charge is 0.252 e. The Morgan fingerprint density at radius 2 is 2.12 bits per heavy atom. The van der Waals surface area contributed by atoms with Crippen molar-refractivity contribution in [2.75, 3.05) is 6.54 Å². The number of sulfonamides is 1. The number of hydrogen-bond acceptors (Lipinski definition) is 3. The van der Waals surface area contributed by atoms with Gasteiger partial charge in [0, 0.05) is 17.5 Å². The molecule has 0 saturated carbocycles. The molecule has 0 radical (unpaired) electrons. The van der Waals surface area contributed by atoms with Crippen LogP contribution in [0.5, 0.6) is 0 Å². The Kier molecular flexibility index (Phi) is 3.61. The highest BCUT2D eigenvalue weighted by Crippen LogP contribution is 2.32. The fourth-order valence-corrected chi connectivity index (χ4v) is 5.63. The average Bonchev–Trinajstić information content (AvgIpc) is 2.84. The van der Waals surface area contributed by atoms with Crippen LogP contribution in [0.3, 0.4) is 0 Å². The van der Waals surface area contributed by atoms with Crippen LogP contribution in [0.25, 0.3) is 0 Å². The van der Waals surface area contributed by atoms with Gasteiger partial charge >= 0.3 is 0 Å². The highest BCUT2D eigenvalue weighted by molar-refractivity contribution is 7.91. The van der Waals surface area contributed by atoms with E-state index in [1.54, 1.807) is 10.4 Å². The average molecular weight is 273 g/mol. The molecule has 0 N–H and O–H groups in total. The van der Waals surface area contributed by atoms with Crippen molar-refractivity contribution >= 4 is 21.4 Å². The summed E-state index contributed by atoms with van der Waals surface area (Å²) in [6, 6.07) is 3.77. The van der Waals surface area contributed by atoms with E-state index < -0.39 is 10.0 Å². The maximum absolute atomic E-state index is 12.5. The Bertz CT molecular complexity index is 490. The first-order valence-corrected chi connectivity index (χ1v) is 8.27. The molecule has 2 rings (SSSR count). The van der Waals surface area contributed by atoms with Gasteiger partial charge in [0.1, 0.15) is 4.21 Å². The van der Waals surface area contributed by atoms with Gasteiger partial charge in [0.05, 0.1) is 0 Å². The zero-order chi connectivity index (χ0) is 12.6. The third kappa shape index (κ3) is 2.41. The molecule has 1 atom stereocenters. The van der Waals surface area contributed by atoms with Gasteiger partial charge in [-0.2, -0.15) is 4.31 Å². The van der Waals surface area contributed by atoms with Gasteiger partial charge in [-0.05, 0) is 37.8 Å². The number of aryl methyl sites for hydroxylation is 1. The summed E-state index contributed by atoms with van der Waals surface area (Å²) < 4.78 is 27.2. The van der Waals surface area contributed by atoms with E-state index in [9.17, 15) is 8.42 Å². The molecular formula is C12H19NO2S2. The van der Waals surface area contributed by atoms with Gasteiger partial charge in [0.2, 0.25) is 0 Å². The van der Waals surface area contributed by atoms with Gasteiger partial charge in [-0.15, -0.1) is 11.3 Å². The van der Waals surface area contributed by atoms with E-state index in [0.717, 1.165) is 17.7 Å². The van der Waals surface area contributed by atoms with E-state index in [-0.39, 0.29) is 6.04 Å². The molecule has 1 unspecified atom stereocenters. The van der Waals surface area contributed by atoms with Crippen LogP contribution >= 0.6 is 11.3 Å². The molecule has 1 aliphatic heterocycles. The predicted octanol–water partition coefficient (Wildman–Crippen LogP) is 2.87. The van der Waals surface area contributed by atoms with Crippen molar-refractivity contribution in [3.63, 3.8) is 0 Å². The van der Waals surface area contributed by atoms with E-state index in [1.807, 2.05) is 13.0 Å². The molecule has 1 aromatic heterocycles. The summed E-state index contributed by atoms with van der Waals surface area (Å²) >= 11 is 1.37. The van der Waals surface area contributed by atoms with Gasteiger partial charge in [-0.3, -0.25) is 0 Å². The first-order valence-electron chi connectivity index (χ1n) is 6.01. The smallest absolute Gasteiger partial charge is 0.206 e. The van der Waals surface area contributed by atoms with Crippen LogP contribution in [0.15, 0.2) is 16.3 Å². The molecule has 5 heteroatoms. The Hall–Kier alpha value is -0.390. The Morgan fingerprint density at radius 1 is 1.41 bits per heavy atom. The molecule has 1 saturated heterocycles. The third-order valence-corrected chi connectivity index (χ3v) is 6.69. The van der Waals surface area contributed by atoms with Crippen molar-refractivity contribution in [1.29, 1.82) is 0 Å². The van der Waals surface area contributed by atoms with Crippen molar-refractivity contribution in [3.8, 4) is 0 Å². The zero-order valence-corrected chi connectivity index (χ0v) is 12.1. The van der Waals surface area contributed by atoms with E-state index in [0.29, 0.717) is 16.7 Å². The first-order chi connectivity index (χ1) is 7.93. The summed E-state index contributed by atoms with van der Waals surface area (Å²) in [5.41, 5.74) is 0. The van der Waals surface area contributed by atoms with E-state index in [4.69, 9.17) is 0 Å². The fraction of sp³-hybridized carbons (Fsp3) is 0.667. The van der Waals surface area contributed by atoms with Gasteiger partial charge < -0.3 is 0 Å². The Labute approximate surface area is 108 Å². The summed E-state index contributed by atoms with van der Waals surface area (Å²) in [5, 5.41) is 0. The van der Waals surface area contributed by atoms with Gasteiger partial charge in [0.15, 0.2) is 0 Å². The second kappa shape index (κ2) is 4.71. The lowest BCUT2D eigenvalue weighted by atomic mass is 10.0. The minimum absolute atomic E-state index is 0.169. The Balaban J connectivity index is 2.32. The highest BCUT2D eigenvalue weighted by atomic mass is 32.2. The predicted molar refractivity (Wildman–Crippen MR) is 70.8 cm³/mol. The molecule has 1 fully saturated rings. The van der Waals surface area contributed by atoms with Gasteiger partial charge in [-0.25, -0.2) is 8.42 Å². The first kappa shape index (κ1) is 13.1. The zero-order valence-electron chi connectivity index (χ0n) is 10.5. The van der Waals surface area contributed by atoms with Crippen LogP contribution < -0.4 is 0 Å². The van der Waals surface area contributed by atoms with E-state index >= 15 is 0 Å². The number of nitrogens with zero attached hydrogens (tertiary/aromatic N) is 1. The van der Waals surface area contributed by atoms with Crippen molar-refractivity contribution in [1.82, 2.24) is 4.31 Å². The number of hydrogen-bond donors (Lipinski definition) is 0. The molecule has 0 aliphatic carbocycles. The van der Waals surface area contributed by atoms with Crippen molar-refractivity contribution in [2.45, 2.75) is 43.9 Å². The molecular weight excluding hydrogens is 254 g/mol. The normalized spacial score (nSPS) is 22.5. The fourth-order valence-electron chi connectivity index (χ4n) is 2.40. The van der Waals surface area contributed by atoms with Crippen LogP contribution in [-0.2, 0) is 10.0 Å². The molecule has 1 aliphatic rings. The van der Waals surface area contributed by atoms with Crippen LogP contribution in [0.2, 0.25) is 0 Å². The lowest BCUT2D eigenvalue weighted by molar-refractivity contribution is 0.316. The second-order valence-corrected chi connectivity index (χ2v) is 8.34. The summed E-state index contributed by atoms with van der Waals surface area (Å²) in [6.45, 7) is 6.80. The van der Waals surface area contributed by atoms with Gasteiger partial charge in [0.25, 0.3) is 10.0 Å². The molecule has 3 nitrogen and oxygen atoms in total.